The molecule has 0 aromatic heterocycles. The molecule has 1 fully saturated rings. The van der Waals surface area contributed by atoms with Crippen molar-refractivity contribution in [3.63, 3.8) is 0 Å². The first-order valence-corrected chi connectivity index (χ1v) is 6.41. The molecule has 2 rings (SSSR count). The third-order valence-electron chi connectivity index (χ3n) is 3.43. The third kappa shape index (κ3) is 3.20. The lowest BCUT2D eigenvalue weighted by molar-refractivity contribution is 0.349. The monoisotopic (exact) mass is 234 g/mol. The van der Waals surface area contributed by atoms with Gasteiger partial charge in [0.2, 0.25) is 0 Å². The molecular weight excluding hydrogens is 212 g/mol. The molecule has 1 atom stereocenters. The normalized spacial score (nSPS) is 18.9. The highest BCUT2D eigenvalue weighted by atomic mass is 16.5. The van der Waals surface area contributed by atoms with Crippen LogP contribution in [0.15, 0.2) is 24.3 Å². The molecule has 3 heteroatoms. The van der Waals surface area contributed by atoms with Crippen molar-refractivity contribution in [2.24, 2.45) is 0 Å². The molecule has 1 aromatic carbocycles. The number of hydrogen-bond donors (Lipinski definition) is 2. The lowest BCUT2D eigenvalue weighted by Crippen LogP contribution is -2.41. The fourth-order valence-electron chi connectivity index (χ4n) is 2.46. The van der Waals surface area contributed by atoms with Crippen molar-refractivity contribution in [1.82, 2.24) is 10.6 Å². The van der Waals surface area contributed by atoms with Crippen molar-refractivity contribution < 1.29 is 4.74 Å². The van der Waals surface area contributed by atoms with Gasteiger partial charge in [-0.2, -0.15) is 0 Å². The van der Waals surface area contributed by atoms with Gasteiger partial charge in [0.05, 0.1) is 7.11 Å². The van der Waals surface area contributed by atoms with Gasteiger partial charge in [-0.1, -0.05) is 18.2 Å². The number of para-hydroxylation sites is 1. The Morgan fingerprint density at radius 2 is 2.00 bits per heavy atom. The van der Waals surface area contributed by atoms with E-state index in [0.717, 1.165) is 18.8 Å². The molecule has 1 aliphatic rings. The average molecular weight is 234 g/mol. The molecule has 3 nitrogen and oxygen atoms in total. The number of rotatable bonds is 4. The average Bonchev–Trinajstić information content (AvgIpc) is 2.40. The van der Waals surface area contributed by atoms with Crippen LogP contribution < -0.4 is 15.4 Å². The minimum atomic E-state index is 0.342. The zero-order valence-electron chi connectivity index (χ0n) is 10.7. The summed E-state index contributed by atoms with van der Waals surface area (Å²) in [6.45, 7) is 4.45. The van der Waals surface area contributed by atoms with Gasteiger partial charge in [0.25, 0.3) is 0 Å². The molecule has 0 bridgehead atoms. The number of benzene rings is 1. The fourth-order valence-corrected chi connectivity index (χ4v) is 2.46. The van der Waals surface area contributed by atoms with Crippen molar-refractivity contribution in [2.75, 3.05) is 20.2 Å². The van der Waals surface area contributed by atoms with E-state index < -0.39 is 0 Å². The third-order valence-corrected chi connectivity index (χ3v) is 3.43. The summed E-state index contributed by atoms with van der Waals surface area (Å²) in [6.07, 6.45) is 2.42. The zero-order valence-corrected chi connectivity index (χ0v) is 10.7. The zero-order chi connectivity index (χ0) is 12.1. The van der Waals surface area contributed by atoms with E-state index in [0.29, 0.717) is 12.1 Å². The summed E-state index contributed by atoms with van der Waals surface area (Å²) >= 11 is 0. The predicted octanol–water partition coefficient (Wildman–Crippen LogP) is 2.10. The topological polar surface area (TPSA) is 33.3 Å². The van der Waals surface area contributed by atoms with Gasteiger partial charge in [-0.3, -0.25) is 0 Å². The number of nitrogens with one attached hydrogen (secondary N) is 2. The van der Waals surface area contributed by atoms with E-state index in [9.17, 15) is 0 Å². The predicted molar refractivity (Wildman–Crippen MR) is 70.4 cm³/mol. The lowest BCUT2D eigenvalue weighted by Gasteiger charge is -2.28. The Morgan fingerprint density at radius 1 is 1.29 bits per heavy atom. The van der Waals surface area contributed by atoms with Crippen LogP contribution in [0.2, 0.25) is 0 Å². The molecule has 94 valence electrons. The Kier molecular flexibility index (Phi) is 4.40. The van der Waals surface area contributed by atoms with Crippen molar-refractivity contribution in [3.05, 3.63) is 29.8 Å². The Bertz CT molecular complexity index is 348. The molecule has 0 saturated carbocycles. The van der Waals surface area contributed by atoms with Gasteiger partial charge in [0.1, 0.15) is 5.75 Å². The summed E-state index contributed by atoms with van der Waals surface area (Å²) in [5, 5.41) is 7.08. The second-order valence-corrected chi connectivity index (χ2v) is 4.65. The minimum Gasteiger partial charge on any atom is -0.496 e. The molecule has 0 radical (unpaired) electrons. The van der Waals surface area contributed by atoms with Crippen LogP contribution in [0.25, 0.3) is 0 Å². The van der Waals surface area contributed by atoms with Crippen LogP contribution in [0, 0.1) is 0 Å². The van der Waals surface area contributed by atoms with E-state index in [4.69, 9.17) is 4.74 Å². The largest absolute Gasteiger partial charge is 0.496 e. The number of ether oxygens (including phenoxy) is 1. The Balaban J connectivity index is 2.00. The lowest BCUT2D eigenvalue weighted by atomic mass is 10.0. The molecule has 17 heavy (non-hydrogen) atoms. The molecule has 1 aliphatic heterocycles. The maximum atomic E-state index is 5.40. The summed E-state index contributed by atoms with van der Waals surface area (Å²) in [7, 11) is 1.73. The quantitative estimate of drug-likeness (QED) is 0.837. The first-order chi connectivity index (χ1) is 8.31. The van der Waals surface area contributed by atoms with E-state index in [-0.39, 0.29) is 0 Å². The van der Waals surface area contributed by atoms with Crippen LogP contribution in [-0.2, 0) is 0 Å². The highest BCUT2D eigenvalue weighted by Gasteiger charge is 2.17. The fraction of sp³-hybridized carbons (Fsp3) is 0.571. The van der Waals surface area contributed by atoms with E-state index in [1.54, 1.807) is 7.11 Å². The maximum Gasteiger partial charge on any atom is 0.123 e. The van der Waals surface area contributed by atoms with E-state index in [2.05, 4.69) is 29.7 Å². The smallest absolute Gasteiger partial charge is 0.123 e. The van der Waals surface area contributed by atoms with Crippen LogP contribution in [0.1, 0.15) is 31.4 Å². The van der Waals surface area contributed by atoms with Gasteiger partial charge in [0, 0.05) is 17.6 Å². The van der Waals surface area contributed by atoms with Crippen molar-refractivity contribution in [2.45, 2.75) is 31.8 Å². The van der Waals surface area contributed by atoms with Crippen molar-refractivity contribution >= 4 is 0 Å². The first-order valence-electron chi connectivity index (χ1n) is 6.41. The molecule has 1 heterocycles. The number of piperidine rings is 1. The molecule has 0 spiro atoms. The number of hydrogen-bond acceptors (Lipinski definition) is 3. The highest BCUT2D eigenvalue weighted by molar-refractivity contribution is 5.35. The van der Waals surface area contributed by atoms with Crippen LogP contribution >= 0.6 is 0 Å². The van der Waals surface area contributed by atoms with Gasteiger partial charge in [-0.15, -0.1) is 0 Å². The van der Waals surface area contributed by atoms with Crippen molar-refractivity contribution in [3.8, 4) is 5.75 Å². The van der Waals surface area contributed by atoms with Crippen LogP contribution in [0.4, 0.5) is 0 Å². The highest BCUT2D eigenvalue weighted by Crippen LogP contribution is 2.25. The Labute approximate surface area is 104 Å². The first kappa shape index (κ1) is 12.4. The molecule has 1 aromatic rings. The van der Waals surface area contributed by atoms with Crippen LogP contribution in [0.5, 0.6) is 5.75 Å². The molecule has 2 N–H and O–H groups in total. The summed E-state index contributed by atoms with van der Waals surface area (Å²) in [5.41, 5.74) is 1.24. The van der Waals surface area contributed by atoms with E-state index in [1.807, 2.05) is 12.1 Å². The molecule has 0 aliphatic carbocycles. The summed E-state index contributed by atoms with van der Waals surface area (Å²) in [4.78, 5) is 0. The van der Waals surface area contributed by atoms with E-state index >= 15 is 0 Å². The van der Waals surface area contributed by atoms with Gasteiger partial charge in [-0.05, 0) is 38.9 Å². The van der Waals surface area contributed by atoms with Crippen LogP contribution in [-0.4, -0.2) is 26.2 Å². The van der Waals surface area contributed by atoms with Crippen LogP contribution in [0.3, 0.4) is 0 Å². The minimum absolute atomic E-state index is 0.342. The summed E-state index contributed by atoms with van der Waals surface area (Å²) in [5.74, 6) is 0.974. The number of methoxy groups -OCH3 is 1. The van der Waals surface area contributed by atoms with Crippen molar-refractivity contribution in [1.29, 1.82) is 0 Å². The second-order valence-electron chi connectivity index (χ2n) is 4.65. The second kappa shape index (κ2) is 6.03. The standard InChI is InChI=1S/C14H22N2O/c1-11(16-12-7-9-15-10-8-12)13-5-3-4-6-14(13)17-2/h3-6,11-12,15-16H,7-10H2,1-2H3/t11-/m0/s1. The Morgan fingerprint density at radius 3 is 2.71 bits per heavy atom. The van der Waals surface area contributed by atoms with Gasteiger partial charge in [-0.25, -0.2) is 0 Å². The molecule has 1 saturated heterocycles. The molecular formula is C14H22N2O. The van der Waals surface area contributed by atoms with Gasteiger partial charge < -0.3 is 15.4 Å². The SMILES string of the molecule is COc1ccccc1[C@H](C)NC1CCNCC1. The molecule has 0 amide bonds. The molecule has 0 unspecified atom stereocenters. The summed E-state index contributed by atoms with van der Waals surface area (Å²) in [6, 6.07) is 9.20. The van der Waals surface area contributed by atoms with Gasteiger partial charge in [0.15, 0.2) is 0 Å². The van der Waals surface area contributed by atoms with Gasteiger partial charge >= 0.3 is 0 Å². The maximum absolute atomic E-state index is 5.40. The van der Waals surface area contributed by atoms with E-state index in [1.165, 1.54) is 18.4 Å². The summed E-state index contributed by atoms with van der Waals surface area (Å²) < 4.78 is 5.40. The Hall–Kier alpha value is -1.06.